The highest BCUT2D eigenvalue weighted by atomic mass is 32.1. The van der Waals surface area contributed by atoms with E-state index in [4.69, 9.17) is 10.5 Å². The smallest absolute Gasteiger partial charge is 0.121 e. The van der Waals surface area contributed by atoms with E-state index >= 15 is 0 Å². The lowest BCUT2D eigenvalue weighted by Crippen LogP contribution is -2.01. The quantitative estimate of drug-likeness (QED) is 0.811. The van der Waals surface area contributed by atoms with Gasteiger partial charge in [-0.3, -0.25) is 0 Å². The molecule has 0 aromatic carbocycles. The van der Waals surface area contributed by atoms with Crippen molar-refractivity contribution in [1.82, 2.24) is 4.98 Å². The van der Waals surface area contributed by atoms with Gasteiger partial charge in [0, 0.05) is 23.7 Å². The van der Waals surface area contributed by atoms with Crippen molar-refractivity contribution in [2.75, 3.05) is 6.61 Å². The van der Waals surface area contributed by atoms with Crippen LogP contribution in [0.1, 0.15) is 42.8 Å². The van der Waals surface area contributed by atoms with E-state index in [1.54, 1.807) is 11.3 Å². The molecule has 2 unspecified atom stereocenters. The zero-order valence-corrected chi connectivity index (χ0v) is 9.10. The van der Waals surface area contributed by atoms with Gasteiger partial charge in [0.15, 0.2) is 0 Å². The minimum Gasteiger partial charge on any atom is -0.372 e. The van der Waals surface area contributed by atoms with Gasteiger partial charge in [-0.2, -0.15) is 0 Å². The first-order valence-electron chi connectivity index (χ1n) is 4.48. The van der Waals surface area contributed by atoms with Crippen molar-refractivity contribution >= 4 is 11.3 Å². The average molecular weight is 200 g/mol. The minimum atomic E-state index is 0.0695. The first-order chi connectivity index (χ1) is 6.15. The number of nitrogens with two attached hydrogens (primary N) is 1. The Labute approximate surface area is 82.9 Å². The van der Waals surface area contributed by atoms with Crippen molar-refractivity contribution in [1.29, 1.82) is 0 Å². The van der Waals surface area contributed by atoms with Crippen LogP contribution in [-0.4, -0.2) is 11.6 Å². The molecule has 0 aliphatic heterocycles. The number of thiazole rings is 1. The second-order valence-corrected chi connectivity index (χ2v) is 4.08. The molecule has 1 rings (SSSR count). The van der Waals surface area contributed by atoms with Gasteiger partial charge in [0.25, 0.3) is 0 Å². The fourth-order valence-electron chi connectivity index (χ4n) is 1.02. The normalized spacial score (nSPS) is 15.7. The van der Waals surface area contributed by atoms with Gasteiger partial charge in [-0.05, 0) is 20.8 Å². The molecule has 1 aromatic rings. The van der Waals surface area contributed by atoms with Crippen LogP contribution >= 0.6 is 11.3 Å². The third-order valence-electron chi connectivity index (χ3n) is 1.75. The topological polar surface area (TPSA) is 48.1 Å². The van der Waals surface area contributed by atoms with E-state index in [0.717, 1.165) is 9.88 Å². The van der Waals surface area contributed by atoms with Crippen LogP contribution in [0, 0.1) is 0 Å². The summed E-state index contributed by atoms with van der Waals surface area (Å²) in [6.45, 7) is 6.67. The maximum Gasteiger partial charge on any atom is 0.121 e. The first-order valence-corrected chi connectivity index (χ1v) is 5.29. The summed E-state index contributed by atoms with van der Waals surface area (Å²) in [6, 6.07) is 0.0695. The van der Waals surface area contributed by atoms with Gasteiger partial charge in [0.2, 0.25) is 0 Å². The van der Waals surface area contributed by atoms with Crippen molar-refractivity contribution in [3.8, 4) is 0 Å². The Morgan fingerprint density at radius 1 is 1.62 bits per heavy atom. The molecule has 0 bridgehead atoms. The van der Waals surface area contributed by atoms with Crippen LogP contribution in [0.3, 0.4) is 0 Å². The van der Waals surface area contributed by atoms with Crippen molar-refractivity contribution in [3.05, 3.63) is 16.1 Å². The lowest BCUT2D eigenvalue weighted by Gasteiger charge is -2.06. The summed E-state index contributed by atoms with van der Waals surface area (Å²) in [4.78, 5) is 5.38. The van der Waals surface area contributed by atoms with Gasteiger partial charge in [-0.1, -0.05) is 0 Å². The molecule has 1 aromatic heterocycles. The predicted molar refractivity (Wildman–Crippen MR) is 54.8 cm³/mol. The van der Waals surface area contributed by atoms with Crippen molar-refractivity contribution in [2.24, 2.45) is 5.73 Å². The molecule has 0 saturated carbocycles. The summed E-state index contributed by atoms with van der Waals surface area (Å²) in [5.74, 6) is 0. The van der Waals surface area contributed by atoms with Crippen LogP contribution in [0.25, 0.3) is 0 Å². The van der Waals surface area contributed by atoms with Crippen molar-refractivity contribution in [3.63, 3.8) is 0 Å². The molecule has 0 amide bonds. The Kier molecular flexibility index (Phi) is 3.84. The summed E-state index contributed by atoms with van der Waals surface area (Å²) in [7, 11) is 0. The number of hydrogen-bond donors (Lipinski definition) is 1. The Morgan fingerprint density at radius 3 is 2.77 bits per heavy atom. The first kappa shape index (κ1) is 10.6. The SMILES string of the molecule is CCOC(C)c1ncc(C(C)N)s1. The van der Waals surface area contributed by atoms with Gasteiger partial charge in [-0.25, -0.2) is 4.98 Å². The van der Waals surface area contributed by atoms with E-state index in [9.17, 15) is 0 Å². The van der Waals surface area contributed by atoms with Gasteiger partial charge < -0.3 is 10.5 Å². The molecule has 0 saturated heterocycles. The molecular weight excluding hydrogens is 184 g/mol. The van der Waals surface area contributed by atoms with Gasteiger partial charge >= 0.3 is 0 Å². The minimum absolute atomic E-state index is 0.0695. The van der Waals surface area contributed by atoms with E-state index in [-0.39, 0.29) is 12.1 Å². The molecule has 2 N–H and O–H groups in total. The lowest BCUT2D eigenvalue weighted by molar-refractivity contribution is 0.0762. The fourth-order valence-corrected chi connectivity index (χ4v) is 1.89. The Balaban J connectivity index is 2.67. The standard InChI is InChI=1S/C9H16N2OS/c1-4-12-7(3)9-11-5-8(13-9)6(2)10/h5-7H,4,10H2,1-3H3. The van der Waals surface area contributed by atoms with E-state index in [0.29, 0.717) is 6.61 Å². The third-order valence-corrected chi connectivity index (χ3v) is 3.11. The number of aromatic nitrogens is 1. The van der Waals surface area contributed by atoms with E-state index in [2.05, 4.69) is 4.98 Å². The lowest BCUT2D eigenvalue weighted by atomic mass is 10.3. The molecule has 2 atom stereocenters. The van der Waals surface area contributed by atoms with E-state index in [1.807, 2.05) is 27.0 Å². The predicted octanol–water partition coefficient (Wildman–Crippen LogP) is 2.26. The highest BCUT2D eigenvalue weighted by Crippen LogP contribution is 2.25. The van der Waals surface area contributed by atoms with Crippen LogP contribution < -0.4 is 5.73 Å². The Morgan fingerprint density at radius 2 is 2.31 bits per heavy atom. The van der Waals surface area contributed by atoms with Crippen molar-refractivity contribution in [2.45, 2.75) is 32.9 Å². The second-order valence-electron chi connectivity index (χ2n) is 2.99. The van der Waals surface area contributed by atoms with Gasteiger partial charge in [0.05, 0.1) is 0 Å². The molecule has 1 heterocycles. The average Bonchev–Trinajstić information content (AvgIpc) is 2.52. The maximum atomic E-state index is 5.73. The number of hydrogen-bond acceptors (Lipinski definition) is 4. The van der Waals surface area contributed by atoms with Crippen LogP contribution in [0.5, 0.6) is 0 Å². The summed E-state index contributed by atoms with van der Waals surface area (Å²) >= 11 is 1.63. The molecule has 0 spiro atoms. The highest BCUT2D eigenvalue weighted by Gasteiger charge is 2.11. The Hall–Kier alpha value is -0.450. The van der Waals surface area contributed by atoms with Crippen LogP contribution in [0.4, 0.5) is 0 Å². The van der Waals surface area contributed by atoms with Crippen molar-refractivity contribution < 1.29 is 4.74 Å². The maximum absolute atomic E-state index is 5.73. The Bertz CT molecular complexity index is 260. The van der Waals surface area contributed by atoms with Gasteiger partial charge in [0.1, 0.15) is 11.1 Å². The molecule has 0 aliphatic carbocycles. The third kappa shape index (κ3) is 2.76. The molecular formula is C9H16N2OS. The molecule has 0 aliphatic rings. The van der Waals surface area contributed by atoms with Crippen LogP contribution in [0.15, 0.2) is 6.20 Å². The summed E-state index contributed by atoms with van der Waals surface area (Å²) in [5.41, 5.74) is 5.73. The summed E-state index contributed by atoms with van der Waals surface area (Å²) in [5, 5.41) is 1.01. The summed E-state index contributed by atoms with van der Waals surface area (Å²) < 4.78 is 5.43. The fraction of sp³-hybridized carbons (Fsp3) is 0.667. The molecule has 0 radical (unpaired) electrons. The number of ether oxygens (including phenoxy) is 1. The molecule has 4 heteroatoms. The number of rotatable bonds is 4. The van der Waals surface area contributed by atoms with Gasteiger partial charge in [-0.15, -0.1) is 11.3 Å². The molecule has 13 heavy (non-hydrogen) atoms. The van der Waals surface area contributed by atoms with E-state index < -0.39 is 0 Å². The zero-order chi connectivity index (χ0) is 9.84. The highest BCUT2D eigenvalue weighted by molar-refractivity contribution is 7.11. The van der Waals surface area contributed by atoms with Crippen LogP contribution in [-0.2, 0) is 4.74 Å². The van der Waals surface area contributed by atoms with Crippen LogP contribution in [0.2, 0.25) is 0 Å². The summed E-state index contributed by atoms with van der Waals surface area (Å²) in [6.07, 6.45) is 1.92. The monoisotopic (exact) mass is 200 g/mol. The largest absolute Gasteiger partial charge is 0.372 e. The molecule has 3 nitrogen and oxygen atoms in total. The van der Waals surface area contributed by atoms with E-state index in [1.165, 1.54) is 0 Å². The second kappa shape index (κ2) is 4.69. The molecule has 74 valence electrons. The zero-order valence-electron chi connectivity index (χ0n) is 8.28. The molecule has 0 fully saturated rings. The number of nitrogens with zero attached hydrogens (tertiary/aromatic N) is 1.